The number of hydrogen-bond acceptors (Lipinski definition) is 3. The van der Waals surface area contributed by atoms with Crippen LogP contribution in [0.5, 0.6) is 0 Å². The van der Waals surface area contributed by atoms with Gasteiger partial charge in [0.15, 0.2) is 0 Å². The number of fused-ring (bicyclic) bond motifs is 1. The molecule has 3 rings (SSSR count). The Morgan fingerprint density at radius 2 is 2.24 bits per heavy atom. The van der Waals surface area contributed by atoms with Crippen LogP contribution in [0.1, 0.15) is 33.9 Å². The highest BCUT2D eigenvalue weighted by Crippen LogP contribution is 2.31. The van der Waals surface area contributed by atoms with E-state index in [9.17, 15) is 9.18 Å². The van der Waals surface area contributed by atoms with Crippen molar-refractivity contribution in [1.82, 2.24) is 4.98 Å². The number of nitrogens with one attached hydrogen (secondary N) is 1. The van der Waals surface area contributed by atoms with E-state index in [0.29, 0.717) is 11.3 Å². The Bertz CT molecular complexity index is 720. The second-order valence-corrected chi connectivity index (χ2v) is 5.39. The largest absolute Gasteiger partial charge is 0.324 e. The summed E-state index contributed by atoms with van der Waals surface area (Å²) in [5, 5.41) is 2.66. The Morgan fingerprint density at radius 3 is 3.00 bits per heavy atom. The minimum absolute atomic E-state index is 0.0359. The molecule has 1 atom stereocenters. The Kier molecular flexibility index (Phi) is 3.61. The molecule has 1 aromatic heterocycles. The number of carbonyl (C=O) groups excluding carboxylic acids is 1. The highest BCUT2D eigenvalue weighted by atomic mass is 35.5. The zero-order chi connectivity index (χ0) is 15.0. The molecular weight excluding hydrogens is 293 g/mol. The number of nitrogens with zero attached hydrogens (tertiary/aromatic N) is 1. The van der Waals surface area contributed by atoms with Crippen LogP contribution < -0.4 is 11.1 Å². The Balaban J connectivity index is 1.88. The molecule has 0 fully saturated rings. The zero-order valence-electron chi connectivity index (χ0n) is 11.1. The first kappa shape index (κ1) is 14.0. The lowest BCUT2D eigenvalue weighted by molar-refractivity contribution is 0.102. The quantitative estimate of drug-likeness (QED) is 0.896. The standard InChI is InChI=1S/C15H13ClFN3O/c16-12-5-8(1-3-13(12)17)20-15(21)11-7-19-6-10-9(11)2-4-14(10)18/h1,3,5-7,14H,2,4,18H2,(H,20,21). The van der Waals surface area contributed by atoms with Crippen LogP contribution in [0, 0.1) is 5.82 Å². The molecule has 6 heteroatoms. The second-order valence-electron chi connectivity index (χ2n) is 4.98. The smallest absolute Gasteiger partial charge is 0.257 e. The van der Waals surface area contributed by atoms with Crippen molar-refractivity contribution in [1.29, 1.82) is 0 Å². The first-order valence-electron chi connectivity index (χ1n) is 6.55. The number of halogens is 2. The molecule has 0 spiro atoms. The average molecular weight is 306 g/mol. The first-order valence-corrected chi connectivity index (χ1v) is 6.93. The van der Waals surface area contributed by atoms with E-state index in [1.807, 2.05) is 0 Å². The normalized spacial score (nSPS) is 16.6. The number of pyridine rings is 1. The van der Waals surface area contributed by atoms with Crippen molar-refractivity contribution in [2.24, 2.45) is 5.73 Å². The van der Waals surface area contributed by atoms with Gasteiger partial charge in [0.05, 0.1) is 10.6 Å². The van der Waals surface area contributed by atoms with Gasteiger partial charge in [-0.15, -0.1) is 0 Å². The first-order chi connectivity index (χ1) is 10.1. The maximum atomic E-state index is 13.1. The van der Waals surface area contributed by atoms with Crippen LogP contribution in [0.4, 0.5) is 10.1 Å². The third kappa shape index (κ3) is 2.62. The summed E-state index contributed by atoms with van der Waals surface area (Å²) in [7, 11) is 0. The van der Waals surface area contributed by atoms with Gasteiger partial charge >= 0.3 is 0 Å². The predicted molar refractivity (Wildman–Crippen MR) is 78.8 cm³/mol. The number of benzene rings is 1. The van der Waals surface area contributed by atoms with E-state index >= 15 is 0 Å². The average Bonchev–Trinajstić information content (AvgIpc) is 2.85. The van der Waals surface area contributed by atoms with Crippen LogP contribution in [0.2, 0.25) is 5.02 Å². The van der Waals surface area contributed by atoms with E-state index in [4.69, 9.17) is 17.3 Å². The molecule has 108 valence electrons. The molecule has 1 amide bonds. The van der Waals surface area contributed by atoms with Gasteiger partial charge in [0.1, 0.15) is 5.82 Å². The van der Waals surface area contributed by atoms with Gasteiger partial charge in [0.25, 0.3) is 5.91 Å². The highest BCUT2D eigenvalue weighted by Gasteiger charge is 2.24. The summed E-state index contributed by atoms with van der Waals surface area (Å²) < 4.78 is 13.1. The number of carbonyl (C=O) groups is 1. The number of rotatable bonds is 2. The Hall–Kier alpha value is -1.98. The minimum Gasteiger partial charge on any atom is -0.324 e. The van der Waals surface area contributed by atoms with Gasteiger partial charge in [-0.3, -0.25) is 9.78 Å². The van der Waals surface area contributed by atoms with Crippen molar-refractivity contribution < 1.29 is 9.18 Å². The molecule has 0 bridgehead atoms. The van der Waals surface area contributed by atoms with Crippen molar-refractivity contribution >= 4 is 23.2 Å². The number of aromatic nitrogens is 1. The van der Waals surface area contributed by atoms with Crippen molar-refractivity contribution in [3.63, 3.8) is 0 Å². The molecule has 1 unspecified atom stereocenters. The van der Waals surface area contributed by atoms with Gasteiger partial charge in [0, 0.05) is 24.1 Å². The Labute approximate surface area is 126 Å². The molecule has 1 aliphatic carbocycles. The molecule has 3 N–H and O–H groups in total. The van der Waals surface area contributed by atoms with Gasteiger partial charge in [-0.25, -0.2) is 4.39 Å². The Morgan fingerprint density at radius 1 is 1.43 bits per heavy atom. The monoisotopic (exact) mass is 305 g/mol. The molecule has 4 nitrogen and oxygen atoms in total. The van der Waals surface area contributed by atoms with Crippen LogP contribution in [-0.2, 0) is 6.42 Å². The van der Waals surface area contributed by atoms with Crippen molar-refractivity contribution in [2.45, 2.75) is 18.9 Å². The van der Waals surface area contributed by atoms with Gasteiger partial charge in [-0.05, 0) is 42.2 Å². The van der Waals surface area contributed by atoms with E-state index < -0.39 is 5.82 Å². The van der Waals surface area contributed by atoms with Crippen molar-refractivity contribution in [2.75, 3.05) is 5.32 Å². The number of nitrogens with two attached hydrogens (primary N) is 1. The van der Waals surface area contributed by atoms with E-state index in [1.54, 1.807) is 6.20 Å². The van der Waals surface area contributed by atoms with Crippen LogP contribution in [0.25, 0.3) is 0 Å². The topological polar surface area (TPSA) is 68.0 Å². The maximum absolute atomic E-state index is 13.1. The summed E-state index contributed by atoms with van der Waals surface area (Å²) in [4.78, 5) is 16.4. The molecule has 1 aliphatic rings. The third-order valence-electron chi connectivity index (χ3n) is 3.62. The number of anilines is 1. The maximum Gasteiger partial charge on any atom is 0.257 e. The third-order valence-corrected chi connectivity index (χ3v) is 3.91. The molecular formula is C15H13ClFN3O. The molecule has 0 saturated heterocycles. The molecule has 21 heavy (non-hydrogen) atoms. The second kappa shape index (κ2) is 5.42. The lowest BCUT2D eigenvalue weighted by Crippen LogP contribution is -2.15. The SMILES string of the molecule is NC1CCc2c(C(=O)Nc3ccc(F)c(Cl)c3)cncc21. The summed E-state index contributed by atoms with van der Waals surface area (Å²) in [5.41, 5.74) is 8.76. The van der Waals surface area contributed by atoms with Crippen LogP contribution >= 0.6 is 11.6 Å². The van der Waals surface area contributed by atoms with E-state index in [2.05, 4.69) is 10.3 Å². The zero-order valence-corrected chi connectivity index (χ0v) is 11.8. The molecule has 0 saturated carbocycles. The summed E-state index contributed by atoms with van der Waals surface area (Å²) in [6.07, 6.45) is 4.80. The van der Waals surface area contributed by atoms with Gasteiger partial charge in [-0.1, -0.05) is 11.6 Å². The van der Waals surface area contributed by atoms with Gasteiger partial charge < -0.3 is 11.1 Å². The molecule has 2 aromatic rings. The highest BCUT2D eigenvalue weighted by molar-refractivity contribution is 6.31. The lowest BCUT2D eigenvalue weighted by Gasteiger charge is -2.10. The van der Waals surface area contributed by atoms with Gasteiger partial charge in [-0.2, -0.15) is 0 Å². The van der Waals surface area contributed by atoms with E-state index in [1.165, 1.54) is 24.4 Å². The predicted octanol–water partition coefficient (Wildman–Crippen LogP) is 3.07. The number of hydrogen-bond donors (Lipinski definition) is 2. The molecule has 1 heterocycles. The summed E-state index contributed by atoms with van der Waals surface area (Å²) >= 11 is 5.70. The minimum atomic E-state index is -0.525. The fourth-order valence-corrected chi connectivity index (χ4v) is 2.71. The van der Waals surface area contributed by atoms with Gasteiger partial charge in [0.2, 0.25) is 0 Å². The van der Waals surface area contributed by atoms with E-state index in [0.717, 1.165) is 24.0 Å². The summed E-state index contributed by atoms with van der Waals surface area (Å²) in [6, 6.07) is 3.97. The number of amides is 1. The lowest BCUT2D eigenvalue weighted by atomic mass is 10.1. The van der Waals surface area contributed by atoms with E-state index in [-0.39, 0.29) is 17.0 Å². The molecule has 1 aromatic carbocycles. The van der Waals surface area contributed by atoms with Crippen molar-refractivity contribution in [3.05, 3.63) is 58.1 Å². The van der Waals surface area contributed by atoms with Crippen LogP contribution in [0.15, 0.2) is 30.6 Å². The molecule has 0 aliphatic heterocycles. The fourth-order valence-electron chi connectivity index (χ4n) is 2.53. The van der Waals surface area contributed by atoms with Crippen molar-refractivity contribution in [3.8, 4) is 0 Å². The van der Waals surface area contributed by atoms with Crippen LogP contribution in [-0.4, -0.2) is 10.9 Å². The summed E-state index contributed by atoms with van der Waals surface area (Å²) in [5.74, 6) is -0.820. The fraction of sp³-hybridized carbons (Fsp3) is 0.200. The molecule has 0 radical (unpaired) electrons. The summed E-state index contributed by atoms with van der Waals surface area (Å²) in [6.45, 7) is 0. The van der Waals surface area contributed by atoms with Crippen LogP contribution in [0.3, 0.4) is 0 Å².